The van der Waals surface area contributed by atoms with E-state index in [1.54, 1.807) is 6.07 Å². The molecule has 2 aromatic carbocycles. The standard InChI is InChI=1S/C29H37N3O5S/c1-21-14-22(2)18-31(17-21)38(35,36)25-8-9-27-26(16-25)32(29(34)20-37-27)19-28(33)30-12-10-24(11-13-30)15-23-6-4-3-5-7-23/h3-9,16,21-22,24H,10-15,17-20H2,1-2H3/t21-,22-/m1/s1. The molecule has 2 amide bonds. The molecule has 0 spiro atoms. The largest absolute Gasteiger partial charge is 0.482 e. The first-order valence-corrected chi connectivity index (χ1v) is 15.0. The highest BCUT2D eigenvalue weighted by Crippen LogP contribution is 2.36. The van der Waals surface area contributed by atoms with Gasteiger partial charge in [0.05, 0.1) is 10.6 Å². The average molecular weight is 540 g/mol. The Kier molecular flexibility index (Phi) is 7.77. The minimum Gasteiger partial charge on any atom is -0.482 e. The van der Waals surface area contributed by atoms with Crippen LogP contribution in [0.1, 0.15) is 38.7 Å². The van der Waals surface area contributed by atoms with Gasteiger partial charge in [-0.25, -0.2) is 8.42 Å². The van der Waals surface area contributed by atoms with Crippen molar-refractivity contribution in [3.63, 3.8) is 0 Å². The molecule has 2 atom stereocenters. The number of hydrogen-bond donors (Lipinski definition) is 0. The van der Waals surface area contributed by atoms with Crippen LogP contribution in [0.3, 0.4) is 0 Å². The summed E-state index contributed by atoms with van der Waals surface area (Å²) in [5.41, 5.74) is 1.65. The van der Waals surface area contributed by atoms with Gasteiger partial charge >= 0.3 is 0 Å². The third kappa shape index (κ3) is 5.73. The van der Waals surface area contributed by atoms with Crippen molar-refractivity contribution >= 4 is 27.5 Å². The van der Waals surface area contributed by atoms with E-state index < -0.39 is 10.0 Å². The number of sulfonamides is 1. The molecule has 8 nitrogen and oxygen atoms in total. The van der Waals surface area contributed by atoms with Crippen molar-refractivity contribution in [2.75, 3.05) is 44.2 Å². The predicted molar refractivity (Wildman–Crippen MR) is 145 cm³/mol. The molecular weight excluding hydrogens is 502 g/mol. The number of nitrogens with zero attached hydrogens (tertiary/aromatic N) is 3. The summed E-state index contributed by atoms with van der Waals surface area (Å²) in [5, 5.41) is 0. The lowest BCUT2D eigenvalue weighted by atomic mass is 9.90. The minimum absolute atomic E-state index is 0.120. The van der Waals surface area contributed by atoms with Gasteiger partial charge in [0.15, 0.2) is 6.61 Å². The van der Waals surface area contributed by atoms with E-state index >= 15 is 0 Å². The third-order valence-electron chi connectivity index (χ3n) is 7.97. The average Bonchev–Trinajstić information content (AvgIpc) is 2.90. The molecule has 9 heteroatoms. The lowest BCUT2D eigenvalue weighted by Gasteiger charge is -2.36. The molecule has 204 valence electrons. The van der Waals surface area contributed by atoms with E-state index in [4.69, 9.17) is 4.74 Å². The summed E-state index contributed by atoms with van der Waals surface area (Å²) in [7, 11) is -3.74. The van der Waals surface area contributed by atoms with E-state index in [1.807, 2.05) is 11.0 Å². The fourth-order valence-corrected chi connectivity index (χ4v) is 7.74. The quantitative estimate of drug-likeness (QED) is 0.560. The van der Waals surface area contributed by atoms with Crippen LogP contribution in [0.25, 0.3) is 0 Å². The summed E-state index contributed by atoms with van der Waals surface area (Å²) in [4.78, 5) is 29.4. The SMILES string of the molecule is C[C@@H]1C[C@@H](C)CN(S(=O)(=O)c2ccc3c(c2)N(CC(=O)N2CCC(Cc4ccccc4)CC2)C(=O)CO3)C1. The Balaban J connectivity index is 1.28. The summed E-state index contributed by atoms with van der Waals surface area (Å²) in [6, 6.07) is 15.0. The third-order valence-corrected chi connectivity index (χ3v) is 9.80. The van der Waals surface area contributed by atoms with E-state index in [9.17, 15) is 18.0 Å². The van der Waals surface area contributed by atoms with Crippen molar-refractivity contribution in [1.29, 1.82) is 0 Å². The van der Waals surface area contributed by atoms with Crippen LogP contribution >= 0.6 is 0 Å². The number of hydrogen-bond acceptors (Lipinski definition) is 5. The van der Waals surface area contributed by atoms with Gasteiger partial charge in [-0.2, -0.15) is 4.31 Å². The van der Waals surface area contributed by atoms with Crippen molar-refractivity contribution in [2.24, 2.45) is 17.8 Å². The summed E-state index contributed by atoms with van der Waals surface area (Å²) >= 11 is 0. The maximum Gasteiger partial charge on any atom is 0.265 e. The summed E-state index contributed by atoms with van der Waals surface area (Å²) in [6.45, 7) is 6.09. The van der Waals surface area contributed by atoms with Crippen LogP contribution in [0.15, 0.2) is 53.4 Å². The van der Waals surface area contributed by atoms with E-state index in [-0.39, 0.29) is 41.7 Å². The lowest BCUT2D eigenvalue weighted by molar-refractivity contribution is -0.133. The Morgan fingerprint density at radius 2 is 1.68 bits per heavy atom. The Labute approximate surface area is 225 Å². The molecule has 38 heavy (non-hydrogen) atoms. The first-order chi connectivity index (χ1) is 18.2. The molecule has 0 radical (unpaired) electrons. The zero-order chi connectivity index (χ0) is 26.9. The van der Waals surface area contributed by atoms with Crippen LogP contribution in [-0.4, -0.2) is 68.8 Å². The second-order valence-electron chi connectivity index (χ2n) is 11.2. The van der Waals surface area contributed by atoms with Crippen LogP contribution in [-0.2, 0) is 26.0 Å². The second-order valence-corrected chi connectivity index (χ2v) is 13.1. The molecule has 2 fully saturated rings. The molecule has 0 N–H and O–H groups in total. The van der Waals surface area contributed by atoms with Gasteiger partial charge in [0.25, 0.3) is 5.91 Å². The van der Waals surface area contributed by atoms with Crippen LogP contribution in [0.5, 0.6) is 5.75 Å². The van der Waals surface area contributed by atoms with E-state index in [0.29, 0.717) is 43.5 Å². The first-order valence-electron chi connectivity index (χ1n) is 13.6. The van der Waals surface area contributed by atoms with Gasteiger partial charge in [-0.3, -0.25) is 14.5 Å². The molecule has 3 heterocycles. The zero-order valence-electron chi connectivity index (χ0n) is 22.2. The van der Waals surface area contributed by atoms with Gasteiger partial charge in [0.1, 0.15) is 12.3 Å². The van der Waals surface area contributed by atoms with Crippen molar-refractivity contribution in [3.8, 4) is 5.75 Å². The number of benzene rings is 2. The van der Waals surface area contributed by atoms with Gasteiger partial charge in [-0.1, -0.05) is 44.2 Å². The Hall–Kier alpha value is -2.91. The van der Waals surface area contributed by atoms with E-state index in [0.717, 1.165) is 25.7 Å². The summed E-state index contributed by atoms with van der Waals surface area (Å²) in [5.74, 6) is 1.03. The normalized spacial score (nSPS) is 23.2. The molecule has 2 aromatic rings. The predicted octanol–water partition coefficient (Wildman–Crippen LogP) is 3.56. The number of rotatable bonds is 6. The van der Waals surface area contributed by atoms with Gasteiger partial charge in [-0.05, 0) is 67.2 Å². The molecule has 0 aliphatic carbocycles. The molecule has 3 aliphatic heterocycles. The number of likely N-dealkylation sites (tertiary alicyclic amines) is 1. The number of piperidine rings is 2. The maximum atomic E-state index is 13.5. The summed E-state index contributed by atoms with van der Waals surface area (Å²) in [6.07, 6.45) is 3.84. The fourth-order valence-electron chi connectivity index (χ4n) is 6.04. The number of ether oxygens (including phenoxy) is 1. The first kappa shape index (κ1) is 26.7. The minimum atomic E-state index is -3.74. The highest BCUT2D eigenvalue weighted by molar-refractivity contribution is 7.89. The molecule has 0 saturated carbocycles. The highest BCUT2D eigenvalue weighted by atomic mass is 32.2. The number of carbonyl (C=O) groups is 2. The number of anilines is 1. The molecule has 3 aliphatic rings. The van der Waals surface area contributed by atoms with Gasteiger partial charge in [0, 0.05) is 26.2 Å². The Morgan fingerprint density at radius 1 is 1.00 bits per heavy atom. The second kappa shape index (κ2) is 11.1. The van der Waals surface area contributed by atoms with Crippen molar-refractivity contribution in [3.05, 3.63) is 54.1 Å². The topological polar surface area (TPSA) is 87.2 Å². The monoisotopic (exact) mass is 539 g/mol. The van der Waals surface area contributed by atoms with Gasteiger partial charge < -0.3 is 9.64 Å². The maximum absolute atomic E-state index is 13.5. The van der Waals surface area contributed by atoms with E-state index in [2.05, 4.69) is 38.1 Å². The molecule has 0 aromatic heterocycles. The molecular formula is C29H37N3O5S. The molecule has 0 unspecified atom stereocenters. The highest BCUT2D eigenvalue weighted by Gasteiger charge is 2.35. The smallest absolute Gasteiger partial charge is 0.265 e. The molecule has 0 bridgehead atoms. The van der Waals surface area contributed by atoms with Crippen molar-refractivity contribution < 1.29 is 22.7 Å². The molecule has 2 saturated heterocycles. The number of carbonyl (C=O) groups excluding carboxylic acids is 2. The Morgan fingerprint density at radius 3 is 2.37 bits per heavy atom. The van der Waals surface area contributed by atoms with Crippen LogP contribution in [0.4, 0.5) is 5.69 Å². The van der Waals surface area contributed by atoms with E-state index in [1.165, 1.54) is 26.9 Å². The number of fused-ring (bicyclic) bond motifs is 1. The van der Waals surface area contributed by atoms with Crippen molar-refractivity contribution in [2.45, 2.75) is 44.4 Å². The Bertz CT molecular complexity index is 1260. The zero-order valence-corrected chi connectivity index (χ0v) is 23.0. The lowest BCUT2D eigenvalue weighted by Crippen LogP contribution is -2.48. The van der Waals surface area contributed by atoms with Gasteiger partial charge in [-0.15, -0.1) is 0 Å². The number of amides is 2. The van der Waals surface area contributed by atoms with Crippen molar-refractivity contribution in [1.82, 2.24) is 9.21 Å². The fraction of sp³-hybridized carbons (Fsp3) is 0.517. The van der Waals surface area contributed by atoms with Crippen LogP contribution in [0, 0.1) is 17.8 Å². The summed E-state index contributed by atoms with van der Waals surface area (Å²) < 4.78 is 34.1. The van der Waals surface area contributed by atoms with Crippen LogP contribution < -0.4 is 9.64 Å². The van der Waals surface area contributed by atoms with Gasteiger partial charge in [0.2, 0.25) is 15.9 Å². The van der Waals surface area contributed by atoms with Crippen LogP contribution in [0.2, 0.25) is 0 Å². The molecule has 5 rings (SSSR count).